The zero-order valence-corrected chi connectivity index (χ0v) is 9.84. The Labute approximate surface area is 98.8 Å². The SMILES string of the molecule is CCc1n[nH]c(=O)n1/N=C/c1ccc(C)cc1. The highest BCUT2D eigenvalue weighted by Gasteiger charge is 2.03. The molecule has 2 rings (SSSR count). The van der Waals surface area contributed by atoms with E-state index in [1.807, 2.05) is 38.1 Å². The van der Waals surface area contributed by atoms with Crippen molar-refractivity contribution in [1.82, 2.24) is 14.9 Å². The summed E-state index contributed by atoms with van der Waals surface area (Å²) in [6.45, 7) is 3.95. The Morgan fingerprint density at radius 1 is 1.41 bits per heavy atom. The van der Waals surface area contributed by atoms with Crippen LogP contribution in [0.15, 0.2) is 34.2 Å². The highest BCUT2D eigenvalue weighted by atomic mass is 16.2. The molecule has 17 heavy (non-hydrogen) atoms. The lowest BCUT2D eigenvalue weighted by Gasteiger charge is -1.96. The first-order valence-corrected chi connectivity index (χ1v) is 5.48. The first kappa shape index (κ1) is 11.3. The molecular formula is C12H14N4O. The summed E-state index contributed by atoms with van der Waals surface area (Å²) < 4.78 is 1.28. The quantitative estimate of drug-likeness (QED) is 0.808. The van der Waals surface area contributed by atoms with Crippen molar-refractivity contribution in [2.75, 3.05) is 0 Å². The molecule has 0 aliphatic heterocycles. The smallest absolute Gasteiger partial charge is 0.244 e. The van der Waals surface area contributed by atoms with Crippen LogP contribution in [0.1, 0.15) is 23.9 Å². The van der Waals surface area contributed by atoms with E-state index in [0.717, 1.165) is 5.56 Å². The van der Waals surface area contributed by atoms with E-state index in [1.54, 1.807) is 6.21 Å². The number of H-pyrrole nitrogens is 1. The summed E-state index contributed by atoms with van der Waals surface area (Å²) in [5.74, 6) is 0.623. The topological polar surface area (TPSA) is 63.0 Å². The van der Waals surface area contributed by atoms with Crippen LogP contribution in [0.4, 0.5) is 0 Å². The molecule has 0 spiro atoms. The maximum absolute atomic E-state index is 11.4. The fourth-order valence-electron chi connectivity index (χ4n) is 1.45. The zero-order valence-electron chi connectivity index (χ0n) is 9.84. The van der Waals surface area contributed by atoms with Gasteiger partial charge >= 0.3 is 5.69 Å². The number of hydrogen-bond acceptors (Lipinski definition) is 3. The predicted octanol–water partition coefficient (Wildman–Crippen LogP) is 1.32. The number of aromatic amines is 1. The first-order valence-electron chi connectivity index (χ1n) is 5.48. The average molecular weight is 230 g/mol. The molecule has 0 saturated heterocycles. The molecule has 0 aliphatic carbocycles. The summed E-state index contributed by atoms with van der Waals surface area (Å²) in [6, 6.07) is 7.91. The van der Waals surface area contributed by atoms with Gasteiger partial charge in [0.1, 0.15) is 0 Å². The summed E-state index contributed by atoms with van der Waals surface area (Å²) in [5.41, 5.74) is 1.83. The van der Waals surface area contributed by atoms with Crippen LogP contribution in [0.3, 0.4) is 0 Å². The van der Waals surface area contributed by atoms with E-state index in [0.29, 0.717) is 12.2 Å². The number of rotatable bonds is 3. The van der Waals surface area contributed by atoms with Crippen LogP contribution in [-0.2, 0) is 6.42 Å². The van der Waals surface area contributed by atoms with Gasteiger partial charge in [-0.05, 0) is 12.5 Å². The molecule has 0 radical (unpaired) electrons. The van der Waals surface area contributed by atoms with Crippen LogP contribution in [0.5, 0.6) is 0 Å². The summed E-state index contributed by atoms with van der Waals surface area (Å²) in [5, 5.41) is 10.4. The molecule has 0 bridgehead atoms. The fourth-order valence-corrected chi connectivity index (χ4v) is 1.45. The van der Waals surface area contributed by atoms with Crippen LogP contribution >= 0.6 is 0 Å². The van der Waals surface area contributed by atoms with Gasteiger partial charge in [0.2, 0.25) is 0 Å². The monoisotopic (exact) mass is 230 g/mol. The third-order valence-corrected chi connectivity index (χ3v) is 2.43. The number of aryl methyl sites for hydroxylation is 2. The molecule has 88 valence electrons. The molecule has 1 N–H and O–H groups in total. The second-order valence-electron chi connectivity index (χ2n) is 3.77. The van der Waals surface area contributed by atoms with Gasteiger partial charge < -0.3 is 0 Å². The van der Waals surface area contributed by atoms with Crippen molar-refractivity contribution in [3.8, 4) is 0 Å². The molecule has 0 saturated carbocycles. The van der Waals surface area contributed by atoms with E-state index in [1.165, 1.54) is 10.2 Å². The third kappa shape index (κ3) is 2.50. The van der Waals surface area contributed by atoms with Gasteiger partial charge in [0.15, 0.2) is 5.82 Å². The second-order valence-corrected chi connectivity index (χ2v) is 3.77. The largest absolute Gasteiger partial charge is 0.364 e. The van der Waals surface area contributed by atoms with Gasteiger partial charge in [0.25, 0.3) is 0 Å². The number of hydrogen-bond donors (Lipinski definition) is 1. The summed E-state index contributed by atoms with van der Waals surface area (Å²) in [7, 11) is 0. The van der Waals surface area contributed by atoms with Crippen molar-refractivity contribution in [2.45, 2.75) is 20.3 Å². The van der Waals surface area contributed by atoms with Gasteiger partial charge in [0, 0.05) is 6.42 Å². The summed E-state index contributed by atoms with van der Waals surface area (Å²) in [4.78, 5) is 11.4. The number of benzene rings is 1. The van der Waals surface area contributed by atoms with Crippen molar-refractivity contribution in [3.05, 3.63) is 51.7 Å². The van der Waals surface area contributed by atoms with Gasteiger partial charge in [0.05, 0.1) is 6.21 Å². The molecule has 5 nitrogen and oxygen atoms in total. The molecule has 1 heterocycles. The number of nitrogens with one attached hydrogen (secondary N) is 1. The molecule has 0 aliphatic rings. The first-order chi connectivity index (χ1) is 8.20. The average Bonchev–Trinajstić information content (AvgIpc) is 2.69. The normalized spacial score (nSPS) is 11.2. The molecule has 0 fully saturated rings. The Kier molecular flexibility index (Phi) is 3.18. The minimum Gasteiger partial charge on any atom is -0.244 e. The molecular weight excluding hydrogens is 216 g/mol. The van der Waals surface area contributed by atoms with Gasteiger partial charge in [-0.2, -0.15) is 14.9 Å². The van der Waals surface area contributed by atoms with Crippen LogP contribution < -0.4 is 5.69 Å². The molecule has 0 amide bonds. The summed E-state index contributed by atoms with van der Waals surface area (Å²) >= 11 is 0. The van der Waals surface area contributed by atoms with Gasteiger partial charge in [-0.1, -0.05) is 36.8 Å². The molecule has 1 aromatic carbocycles. The maximum Gasteiger partial charge on any atom is 0.364 e. The minimum atomic E-state index is -0.315. The van der Waals surface area contributed by atoms with E-state index in [-0.39, 0.29) is 5.69 Å². The lowest BCUT2D eigenvalue weighted by molar-refractivity contribution is 0.765. The van der Waals surface area contributed by atoms with E-state index in [2.05, 4.69) is 15.3 Å². The van der Waals surface area contributed by atoms with Crippen LogP contribution in [0, 0.1) is 6.92 Å². The number of nitrogens with zero attached hydrogens (tertiary/aromatic N) is 3. The lowest BCUT2D eigenvalue weighted by Crippen LogP contribution is -2.14. The zero-order chi connectivity index (χ0) is 12.3. The van der Waals surface area contributed by atoms with Crippen molar-refractivity contribution in [2.24, 2.45) is 5.10 Å². The highest BCUT2D eigenvalue weighted by molar-refractivity contribution is 5.79. The fraction of sp³-hybridized carbons (Fsp3) is 0.250. The second kappa shape index (κ2) is 4.78. The van der Waals surface area contributed by atoms with Gasteiger partial charge in [-0.25, -0.2) is 9.89 Å². The predicted molar refractivity (Wildman–Crippen MR) is 66.4 cm³/mol. The molecule has 0 unspecified atom stereocenters. The standard InChI is InChI=1S/C12H14N4O/c1-3-11-14-15-12(17)16(11)13-8-10-6-4-9(2)5-7-10/h4-8H,3H2,1-2H3,(H,15,17)/b13-8+. The minimum absolute atomic E-state index is 0.315. The number of aromatic nitrogens is 3. The van der Waals surface area contributed by atoms with Crippen molar-refractivity contribution < 1.29 is 0 Å². The van der Waals surface area contributed by atoms with Crippen molar-refractivity contribution in [1.29, 1.82) is 0 Å². The maximum atomic E-state index is 11.4. The van der Waals surface area contributed by atoms with E-state index >= 15 is 0 Å². The Bertz CT molecular complexity index is 577. The Hall–Kier alpha value is -2.17. The highest BCUT2D eigenvalue weighted by Crippen LogP contribution is 2.00. The van der Waals surface area contributed by atoms with Crippen LogP contribution in [0.25, 0.3) is 0 Å². The third-order valence-electron chi connectivity index (χ3n) is 2.43. The van der Waals surface area contributed by atoms with Crippen molar-refractivity contribution in [3.63, 3.8) is 0 Å². The van der Waals surface area contributed by atoms with Gasteiger partial charge in [-0.3, -0.25) is 0 Å². The Morgan fingerprint density at radius 2 is 2.12 bits per heavy atom. The van der Waals surface area contributed by atoms with Crippen LogP contribution in [-0.4, -0.2) is 21.1 Å². The van der Waals surface area contributed by atoms with E-state index < -0.39 is 0 Å². The lowest BCUT2D eigenvalue weighted by atomic mass is 10.2. The van der Waals surface area contributed by atoms with Crippen LogP contribution in [0.2, 0.25) is 0 Å². The Morgan fingerprint density at radius 3 is 2.76 bits per heavy atom. The van der Waals surface area contributed by atoms with Gasteiger partial charge in [-0.15, -0.1) is 0 Å². The van der Waals surface area contributed by atoms with E-state index in [9.17, 15) is 4.79 Å². The molecule has 1 aromatic heterocycles. The molecule has 0 atom stereocenters. The summed E-state index contributed by atoms with van der Waals surface area (Å²) in [6.07, 6.45) is 2.31. The molecule has 5 heteroatoms. The van der Waals surface area contributed by atoms with Crippen molar-refractivity contribution >= 4 is 6.21 Å². The molecule has 2 aromatic rings. The Balaban J connectivity index is 2.28. The van der Waals surface area contributed by atoms with E-state index in [4.69, 9.17) is 0 Å².